The minimum absolute atomic E-state index is 0.0820. The summed E-state index contributed by atoms with van der Waals surface area (Å²) in [6, 6.07) is 0. The molecule has 2 N–H and O–H groups in total. The molecule has 1 aromatic rings. The highest BCUT2D eigenvalue weighted by atomic mass is 32.1. The van der Waals surface area contributed by atoms with Gasteiger partial charge in [-0.2, -0.15) is 0 Å². The van der Waals surface area contributed by atoms with Gasteiger partial charge in [0, 0.05) is 0 Å². The number of rotatable bonds is 5. The number of carbonyl (C=O) groups excluding carboxylic acids is 1. The van der Waals surface area contributed by atoms with Gasteiger partial charge >= 0.3 is 5.97 Å². The molecule has 0 radical (unpaired) electrons. The number of aromatic nitrogens is 2. The van der Waals surface area contributed by atoms with Gasteiger partial charge in [-0.1, -0.05) is 12.2 Å². The summed E-state index contributed by atoms with van der Waals surface area (Å²) in [7, 11) is 0. The predicted molar refractivity (Wildman–Crippen MR) is 102 cm³/mol. The molecule has 0 amide bonds. The first kappa shape index (κ1) is 21.5. The summed E-state index contributed by atoms with van der Waals surface area (Å²) in [6.45, 7) is 8.99. The Morgan fingerprint density at radius 3 is 2.40 bits per heavy atom. The zero-order valence-electron chi connectivity index (χ0n) is 17.3. The third-order valence-corrected chi connectivity index (χ3v) is 5.14. The fourth-order valence-corrected chi connectivity index (χ4v) is 4.05. The highest BCUT2D eigenvalue weighted by Crippen LogP contribution is 2.48. The van der Waals surface area contributed by atoms with Crippen LogP contribution in [0.1, 0.15) is 58.4 Å². The second-order valence-electron chi connectivity index (χ2n) is 8.16. The number of fused-ring (bicyclic) bond motifs is 3. The van der Waals surface area contributed by atoms with E-state index in [9.17, 15) is 4.79 Å². The lowest BCUT2D eigenvalue weighted by Crippen LogP contribution is -2.51. The van der Waals surface area contributed by atoms with Crippen LogP contribution in [0.3, 0.4) is 0 Å². The van der Waals surface area contributed by atoms with Crippen molar-refractivity contribution in [3.8, 4) is 0 Å². The van der Waals surface area contributed by atoms with Crippen molar-refractivity contribution in [3.63, 3.8) is 0 Å². The van der Waals surface area contributed by atoms with Crippen LogP contribution < -0.4 is 5.73 Å². The summed E-state index contributed by atoms with van der Waals surface area (Å²) in [5.41, 5.74) is 5.70. The number of thiocarbonyl (C=S) groups is 1. The summed E-state index contributed by atoms with van der Waals surface area (Å²) in [5, 5.41) is 8.00. The van der Waals surface area contributed by atoms with Crippen molar-refractivity contribution in [2.24, 2.45) is 5.73 Å². The minimum Gasteiger partial charge on any atom is -0.465 e. The van der Waals surface area contributed by atoms with Gasteiger partial charge in [-0.3, -0.25) is 4.79 Å². The van der Waals surface area contributed by atoms with E-state index in [1.165, 1.54) is 0 Å². The van der Waals surface area contributed by atoms with Crippen LogP contribution in [-0.2, 0) is 33.2 Å². The zero-order chi connectivity index (χ0) is 21.8. The third kappa shape index (κ3) is 3.83. The minimum atomic E-state index is -1.16. The molecule has 11 nitrogen and oxygen atoms in total. The van der Waals surface area contributed by atoms with Crippen molar-refractivity contribution in [2.75, 3.05) is 6.61 Å². The Bertz CT molecular complexity index is 843. The van der Waals surface area contributed by atoms with Crippen LogP contribution >= 0.6 is 12.2 Å². The maximum Gasteiger partial charge on any atom is 0.325 e. The van der Waals surface area contributed by atoms with Gasteiger partial charge in [-0.15, -0.1) is 10.2 Å². The molecule has 0 saturated carbocycles. The van der Waals surface area contributed by atoms with Crippen LogP contribution in [0.5, 0.6) is 0 Å². The van der Waals surface area contributed by atoms with Gasteiger partial charge in [0.15, 0.2) is 29.9 Å². The quantitative estimate of drug-likeness (QED) is 0.514. The molecule has 30 heavy (non-hydrogen) atoms. The molecule has 3 fully saturated rings. The second-order valence-corrected chi connectivity index (χ2v) is 8.63. The lowest BCUT2D eigenvalue weighted by atomic mass is 9.99. The molecular formula is C18H25N3O8S. The first-order chi connectivity index (χ1) is 14.0. The largest absolute Gasteiger partial charge is 0.465 e. The Hall–Kier alpha value is -1.70. The average Bonchev–Trinajstić information content (AvgIpc) is 3.28. The lowest BCUT2D eigenvalue weighted by Gasteiger charge is -2.35. The maximum absolute atomic E-state index is 12.2. The van der Waals surface area contributed by atoms with Crippen molar-refractivity contribution in [1.82, 2.24) is 10.2 Å². The molecule has 166 valence electrons. The van der Waals surface area contributed by atoms with Crippen LogP contribution in [0.25, 0.3) is 0 Å². The Morgan fingerprint density at radius 2 is 1.73 bits per heavy atom. The van der Waals surface area contributed by atoms with Gasteiger partial charge in [0.25, 0.3) is 0 Å². The van der Waals surface area contributed by atoms with E-state index >= 15 is 0 Å². The van der Waals surface area contributed by atoms with Crippen LogP contribution in [0.4, 0.5) is 0 Å². The molecule has 0 bridgehead atoms. The summed E-state index contributed by atoms with van der Waals surface area (Å²) < 4.78 is 40.8. The van der Waals surface area contributed by atoms with E-state index < -0.39 is 54.2 Å². The molecule has 3 saturated heterocycles. The Balaban J connectivity index is 1.64. The molecule has 1 aromatic heterocycles. The monoisotopic (exact) mass is 443 g/mol. The van der Waals surface area contributed by atoms with E-state index in [0.29, 0.717) is 0 Å². The van der Waals surface area contributed by atoms with Crippen molar-refractivity contribution in [3.05, 3.63) is 11.8 Å². The highest BCUT2D eigenvalue weighted by Gasteiger charge is 2.62. The van der Waals surface area contributed by atoms with Gasteiger partial charge in [0.1, 0.15) is 18.3 Å². The SMILES string of the molecule is CCOC(=O)C(C(N)=S)c1nnc([C@H]2O[C@@H]3OC(C)(C)O[C@@H]3[C@H]3OC(C)(C)O[C@H]32)o1. The van der Waals surface area contributed by atoms with Gasteiger partial charge in [0.2, 0.25) is 11.8 Å². The van der Waals surface area contributed by atoms with Gasteiger partial charge in [-0.05, 0) is 34.6 Å². The van der Waals surface area contributed by atoms with Crippen molar-refractivity contribution < 1.29 is 37.6 Å². The van der Waals surface area contributed by atoms with Crippen LogP contribution in [0, 0.1) is 0 Å². The van der Waals surface area contributed by atoms with Crippen molar-refractivity contribution >= 4 is 23.2 Å². The summed E-state index contributed by atoms with van der Waals surface area (Å²) in [4.78, 5) is 12.1. The van der Waals surface area contributed by atoms with E-state index in [1.54, 1.807) is 34.6 Å². The molecule has 3 aliphatic heterocycles. The Morgan fingerprint density at radius 1 is 1.10 bits per heavy atom. The average molecular weight is 443 g/mol. The normalized spacial score (nSPS) is 34.8. The molecule has 0 aromatic carbocycles. The molecular weight excluding hydrogens is 418 g/mol. The van der Waals surface area contributed by atoms with Gasteiger partial charge < -0.3 is 38.6 Å². The molecule has 3 aliphatic rings. The molecule has 6 atom stereocenters. The predicted octanol–water partition coefficient (Wildman–Crippen LogP) is 1.07. The first-order valence-corrected chi connectivity index (χ1v) is 10.1. The van der Waals surface area contributed by atoms with Gasteiger partial charge in [-0.25, -0.2) is 0 Å². The van der Waals surface area contributed by atoms with E-state index in [4.69, 9.17) is 50.8 Å². The number of esters is 1. The molecule has 4 rings (SSSR count). The van der Waals surface area contributed by atoms with E-state index in [0.717, 1.165) is 0 Å². The van der Waals surface area contributed by atoms with Gasteiger partial charge in [0.05, 0.1) is 11.6 Å². The summed E-state index contributed by atoms with van der Waals surface area (Å²) in [6.07, 6.45) is -3.12. The van der Waals surface area contributed by atoms with E-state index in [1.807, 2.05) is 0 Å². The summed E-state index contributed by atoms with van der Waals surface area (Å²) >= 11 is 4.98. The lowest BCUT2D eigenvalue weighted by molar-refractivity contribution is -0.241. The standard InChI is InChI=1S/C18H25N3O8S/c1-6-23-15(22)7(12(19)30)13-20-21-14(25-13)10-8-9(27-17(2,3)26-8)11-16(24-10)29-18(4,5)28-11/h7-11,16H,6H2,1-5H3,(H2,19,30)/t7?,8-,9+,10+,11-,16-/m1/s1. The first-order valence-electron chi connectivity index (χ1n) is 9.67. The number of hydrogen-bond donors (Lipinski definition) is 1. The Labute approximate surface area is 178 Å². The Kier molecular flexibility index (Phi) is 5.36. The number of carbonyl (C=O) groups is 1. The van der Waals surface area contributed by atoms with Crippen LogP contribution in [0.2, 0.25) is 0 Å². The molecule has 4 heterocycles. The topological polar surface area (TPSA) is 137 Å². The van der Waals surface area contributed by atoms with Crippen molar-refractivity contribution in [2.45, 2.75) is 82.8 Å². The molecule has 12 heteroatoms. The second kappa shape index (κ2) is 7.46. The van der Waals surface area contributed by atoms with E-state index in [2.05, 4.69) is 10.2 Å². The number of ether oxygens (including phenoxy) is 6. The number of nitrogens with zero attached hydrogens (tertiary/aromatic N) is 2. The maximum atomic E-state index is 12.2. The number of hydrogen-bond acceptors (Lipinski definition) is 11. The fourth-order valence-electron chi connectivity index (χ4n) is 3.85. The third-order valence-electron chi connectivity index (χ3n) is 4.91. The van der Waals surface area contributed by atoms with Crippen molar-refractivity contribution in [1.29, 1.82) is 0 Å². The fraction of sp³-hybridized carbons (Fsp3) is 0.778. The smallest absolute Gasteiger partial charge is 0.325 e. The van der Waals surface area contributed by atoms with Crippen LogP contribution in [-0.4, -0.2) is 63.9 Å². The van der Waals surface area contributed by atoms with Crippen LogP contribution in [0.15, 0.2) is 4.42 Å². The molecule has 0 spiro atoms. The molecule has 1 unspecified atom stereocenters. The van der Waals surface area contributed by atoms with E-state index in [-0.39, 0.29) is 23.4 Å². The highest BCUT2D eigenvalue weighted by molar-refractivity contribution is 7.80. The zero-order valence-corrected chi connectivity index (χ0v) is 18.1. The summed E-state index contributed by atoms with van der Waals surface area (Å²) in [5.74, 6) is -3.56. The number of nitrogens with two attached hydrogens (primary N) is 1. The molecule has 0 aliphatic carbocycles.